The minimum Gasteiger partial charge on any atom is -0.337 e. The van der Waals surface area contributed by atoms with Crippen molar-refractivity contribution in [3.8, 4) is 0 Å². The van der Waals surface area contributed by atoms with Gasteiger partial charge in [-0.3, -0.25) is 4.79 Å². The molecular weight excluding hydrogens is 216 g/mol. The maximum absolute atomic E-state index is 12.2. The van der Waals surface area contributed by atoms with Crippen LogP contribution in [0.1, 0.15) is 15.9 Å². The van der Waals surface area contributed by atoms with E-state index in [0.717, 1.165) is 18.7 Å². The molecular formula is C13H16N2O2. The second-order valence-corrected chi connectivity index (χ2v) is 4.87. The molecule has 2 heterocycles. The number of hydroxylamine groups is 1. The SMILES string of the molecule is Cc1ccc(C(=O)N2C[C@H]3CON[C@H]3C2)cc1. The lowest BCUT2D eigenvalue weighted by Gasteiger charge is -2.17. The van der Waals surface area contributed by atoms with Gasteiger partial charge in [0.25, 0.3) is 5.91 Å². The first-order valence-corrected chi connectivity index (χ1v) is 5.97. The molecule has 90 valence electrons. The first-order valence-electron chi connectivity index (χ1n) is 5.97. The Balaban J connectivity index is 1.73. The van der Waals surface area contributed by atoms with E-state index in [-0.39, 0.29) is 5.91 Å². The molecule has 2 atom stereocenters. The second kappa shape index (κ2) is 4.13. The molecule has 1 amide bonds. The van der Waals surface area contributed by atoms with Gasteiger partial charge in [-0.1, -0.05) is 17.7 Å². The summed E-state index contributed by atoms with van der Waals surface area (Å²) in [6.45, 7) is 4.28. The van der Waals surface area contributed by atoms with Crippen molar-refractivity contribution in [2.75, 3.05) is 19.7 Å². The highest BCUT2D eigenvalue weighted by molar-refractivity contribution is 5.94. The molecule has 0 saturated carbocycles. The minimum absolute atomic E-state index is 0.126. The molecule has 4 nitrogen and oxygen atoms in total. The van der Waals surface area contributed by atoms with Crippen LogP contribution >= 0.6 is 0 Å². The average Bonchev–Trinajstić information content (AvgIpc) is 2.89. The van der Waals surface area contributed by atoms with Gasteiger partial charge in [0, 0.05) is 24.6 Å². The molecule has 1 aromatic carbocycles. The Hall–Kier alpha value is -1.39. The molecule has 17 heavy (non-hydrogen) atoms. The number of amides is 1. The van der Waals surface area contributed by atoms with E-state index < -0.39 is 0 Å². The van der Waals surface area contributed by atoms with Crippen LogP contribution in [0.3, 0.4) is 0 Å². The molecule has 0 aliphatic carbocycles. The van der Waals surface area contributed by atoms with Crippen LogP contribution in [0, 0.1) is 12.8 Å². The smallest absolute Gasteiger partial charge is 0.253 e. The Kier molecular flexibility index (Phi) is 2.61. The molecule has 1 N–H and O–H groups in total. The van der Waals surface area contributed by atoms with Crippen LogP contribution in [0.4, 0.5) is 0 Å². The summed E-state index contributed by atoms with van der Waals surface area (Å²) < 4.78 is 0. The van der Waals surface area contributed by atoms with E-state index in [2.05, 4.69) is 5.48 Å². The lowest BCUT2D eigenvalue weighted by Crippen LogP contribution is -2.33. The third kappa shape index (κ3) is 1.94. The normalized spacial score (nSPS) is 27.2. The van der Waals surface area contributed by atoms with Gasteiger partial charge < -0.3 is 9.74 Å². The van der Waals surface area contributed by atoms with Crippen molar-refractivity contribution in [3.05, 3.63) is 35.4 Å². The largest absolute Gasteiger partial charge is 0.337 e. The number of aryl methyl sites for hydroxylation is 1. The van der Waals surface area contributed by atoms with Crippen molar-refractivity contribution in [2.45, 2.75) is 13.0 Å². The zero-order valence-corrected chi connectivity index (χ0v) is 9.85. The Morgan fingerprint density at radius 1 is 1.35 bits per heavy atom. The predicted octanol–water partition coefficient (Wildman–Crippen LogP) is 0.970. The molecule has 1 aromatic rings. The summed E-state index contributed by atoms with van der Waals surface area (Å²) in [6.07, 6.45) is 0. The van der Waals surface area contributed by atoms with Crippen LogP contribution in [0.25, 0.3) is 0 Å². The molecule has 0 aromatic heterocycles. The molecule has 2 fully saturated rings. The van der Waals surface area contributed by atoms with E-state index in [4.69, 9.17) is 4.84 Å². The van der Waals surface area contributed by atoms with Crippen molar-refractivity contribution >= 4 is 5.91 Å². The van der Waals surface area contributed by atoms with Crippen molar-refractivity contribution in [3.63, 3.8) is 0 Å². The molecule has 4 heteroatoms. The maximum Gasteiger partial charge on any atom is 0.253 e. The van der Waals surface area contributed by atoms with Gasteiger partial charge in [0.1, 0.15) is 0 Å². The lowest BCUT2D eigenvalue weighted by molar-refractivity contribution is 0.0605. The number of hydrogen-bond acceptors (Lipinski definition) is 3. The van der Waals surface area contributed by atoms with E-state index in [1.807, 2.05) is 36.1 Å². The topological polar surface area (TPSA) is 41.6 Å². The first kappa shape index (κ1) is 10.7. The van der Waals surface area contributed by atoms with Crippen LogP contribution < -0.4 is 5.48 Å². The predicted molar refractivity (Wildman–Crippen MR) is 63.4 cm³/mol. The number of rotatable bonds is 1. The average molecular weight is 232 g/mol. The standard InChI is InChI=1S/C13H16N2O2/c1-9-2-4-10(5-3-9)13(16)15-6-11-8-17-14-12(11)7-15/h2-5,11-12,14H,6-8H2,1H3/t11-,12-/m0/s1. The fourth-order valence-electron chi connectivity index (χ4n) is 2.48. The maximum atomic E-state index is 12.2. The number of likely N-dealkylation sites (tertiary alicyclic amines) is 1. The van der Waals surface area contributed by atoms with Crippen LogP contribution in [0.2, 0.25) is 0 Å². The first-order chi connectivity index (χ1) is 8.24. The number of benzene rings is 1. The van der Waals surface area contributed by atoms with Gasteiger partial charge in [-0.25, -0.2) is 0 Å². The number of nitrogens with zero attached hydrogens (tertiary/aromatic N) is 1. The molecule has 2 saturated heterocycles. The Morgan fingerprint density at radius 3 is 2.82 bits per heavy atom. The number of carbonyl (C=O) groups is 1. The number of fused-ring (bicyclic) bond motifs is 1. The van der Waals surface area contributed by atoms with Gasteiger partial charge in [0.2, 0.25) is 0 Å². The monoisotopic (exact) mass is 232 g/mol. The summed E-state index contributed by atoms with van der Waals surface area (Å²) in [5.74, 6) is 0.575. The van der Waals surface area contributed by atoms with Crippen LogP contribution in [-0.4, -0.2) is 36.5 Å². The van der Waals surface area contributed by atoms with Gasteiger partial charge in [-0.15, -0.1) is 0 Å². The minimum atomic E-state index is 0.126. The highest BCUT2D eigenvalue weighted by atomic mass is 16.7. The van der Waals surface area contributed by atoms with E-state index >= 15 is 0 Å². The molecule has 0 bridgehead atoms. The summed E-state index contributed by atoms with van der Waals surface area (Å²) >= 11 is 0. The van der Waals surface area contributed by atoms with Crippen molar-refractivity contribution < 1.29 is 9.63 Å². The second-order valence-electron chi connectivity index (χ2n) is 4.87. The van der Waals surface area contributed by atoms with E-state index in [0.29, 0.717) is 18.6 Å². The third-order valence-corrected chi connectivity index (χ3v) is 3.56. The summed E-state index contributed by atoms with van der Waals surface area (Å²) in [5, 5.41) is 0. The number of carbonyl (C=O) groups excluding carboxylic acids is 1. The van der Waals surface area contributed by atoms with Gasteiger partial charge in [0.15, 0.2) is 0 Å². The molecule has 0 unspecified atom stereocenters. The zero-order valence-electron chi connectivity index (χ0n) is 9.85. The van der Waals surface area contributed by atoms with E-state index in [9.17, 15) is 4.79 Å². The van der Waals surface area contributed by atoms with Crippen molar-refractivity contribution in [2.24, 2.45) is 5.92 Å². The molecule has 0 spiro atoms. The Morgan fingerprint density at radius 2 is 2.12 bits per heavy atom. The van der Waals surface area contributed by atoms with Crippen LogP contribution in [-0.2, 0) is 4.84 Å². The lowest BCUT2D eigenvalue weighted by atomic mass is 10.1. The Labute approximate surface area is 101 Å². The molecule has 3 rings (SSSR count). The molecule has 2 aliphatic rings. The summed E-state index contributed by atoms with van der Waals surface area (Å²) in [5.41, 5.74) is 4.92. The Bertz CT molecular complexity index is 418. The summed E-state index contributed by atoms with van der Waals surface area (Å²) in [4.78, 5) is 19.3. The highest BCUT2D eigenvalue weighted by Crippen LogP contribution is 2.23. The zero-order chi connectivity index (χ0) is 11.8. The quantitative estimate of drug-likeness (QED) is 0.784. The highest BCUT2D eigenvalue weighted by Gasteiger charge is 2.39. The van der Waals surface area contributed by atoms with Gasteiger partial charge in [-0.2, -0.15) is 5.48 Å². The number of nitrogens with one attached hydrogen (secondary N) is 1. The van der Waals surface area contributed by atoms with E-state index in [1.54, 1.807) is 0 Å². The third-order valence-electron chi connectivity index (χ3n) is 3.56. The van der Waals surface area contributed by atoms with E-state index in [1.165, 1.54) is 5.56 Å². The van der Waals surface area contributed by atoms with Crippen LogP contribution in [0.15, 0.2) is 24.3 Å². The van der Waals surface area contributed by atoms with Gasteiger partial charge in [0.05, 0.1) is 12.6 Å². The molecule has 2 aliphatic heterocycles. The summed E-state index contributed by atoms with van der Waals surface area (Å²) in [7, 11) is 0. The van der Waals surface area contributed by atoms with Gasteiger partial charge >= 0.3 is 0 Å². The fraction of sp³-hybridized carbons (Fsp3) is 0.462. The molecule has 0 radical (unpaired) electrons. The van der Waals surface area contributed by atoms with Crippen molar-refractivity contribution in [1.82, 2.24) is 10.4 Å². The summed E-state index contributed by atoms with van der Waals surface area (Å²) in [6, 6.07) is 8.06. The number of hydrogen-bond donors (Lipinski definition) is 1. The fourth-order valence-corrected chi connectivity index (χ4v) is 2.48. The van der Waals surface area contributed by atoms with Crippen LogP contribution in [0.5, 0.6) is 0 Å². The van der Waals surface area contributed by atoms with Gasteiger partial charge in [-0.05, 0) is 19.1 Å². The van der Waals surface area contributed by atoms with Crippen molar-refractivity contribution in [1.29, 1.82) is 0 Å².